The minimum absolute atomic E-state index is 0. The van der Waals surface area contributed by atoms with Gasteiger partial charge < -0.3 is 33.8 Å². The van der Waals surface area contributed by atoms with Crippen molar-refractivity contribution in [2.75, 3.05) is 25.0 Å². The van der Waals surface area contributed by atoms with Crippen molar-refractivity contribution in [1.29, 1.82) is 5.26 Å². The zero-order valence-electron chi connectivity index (χ0n) is 22.8. The van der Waals surface area contributed by atoms with Crippen LogP contribution in [0.1, 0.15) is 74.0 Å². The molecule has 1 amide bonds. The Kier molecular flexibility index (Phi) is 13.4. The molecular weight excluding hydrogens is 775 g/mol. The number of hydrogen-bond donors (Lipinski definition) is 2. The smallest absolute Gasteiger partial charge is 0.272 e. The first-order valence-electron chi connectivity index (χ1n) is 12.9. The van der Waals surface area contributed by atoms with E-state index in [1.54, 1.807) is 18.2 Å². The van der Waals surface area contributed by atoms with E-state index < -0.39 is 0 Å². The molecule has 2 N–H and O–H groups in total. The third-order valence-electron chi connectivity index (χ3n) is 6.87. The maximum atomic E-state index is 12.7. The molecule has 1 saturated carbocycles. The molecular formula is C27H38ClN6O2RfS-. The number of nitriles is 1. The van der Waals surface area contributed by atoms with Crippen LogP contribution in [0.4, 0.5) is 5.82 Å². The van der Waals surface area contributed by atoms with Crippen LogP contribution in [0.3, 0.4) is 0 Å². The second-order valence-corrected chi connectivity index (χ2v) is 9.43. The summed E-state index contributed by atoms with van der Waals surface area (Å²) in [5, 5.41) is 24.4. The number of thiol groups is 1. The van der Waals surface area contributed by atoms with Gasteiger partial charge in [0.2, 0.25) is 0 Å². The van der Waals surface area contributed by atoms with E-state index in [-0.39, 0.29) is 31.5 Å². The summed E-state index contributed by atoms with van der Waals surface area (Å²) in [6.07, 6.45) is 5.51. The van der Waals surface area contributed by atoms with Crippen LogP contribution >= 0.6 is 11.6 Å². The normalized spacial score (nSPS) is 19.0. The fraction of sp³-hybridized carbons (Fsp3) is 0.556. The predicted octanol–water partition coefficient (Wildman–Crippen LogP) is 4.37. The number of nitrogens with one attached hydrogen (secondary N) is 2. The summed E-state index contributed by atoms with van der Waals surface area (Å²) in [6.45, 7) is 7.73. The molecule has 4 rings (SSSR count). The van der Waals surface area contributed by atoms with E-state index in [1.807, 2.05) is 33.9 Å². The Morgan fingerprint density at radius 1 is 1.05 bits per heavy atom. The maximum Gasteiger partial charge on any atom is 0.272 e. The molecule has 38 heavy (non-hydrogen) atoms. The van der Waals surface area contributed by atoms with Gasteiger partial charge in [0, 0.05) is 30.7 Å². The minimum Gasteiger partial charge on any atom is -0.813 e. The van der Waals surface area contributed by atoms with Crippen molar-refractivity contribution in [2.45, 2.75) is 77.5 Å². The van der Waals surface area contributed by atoms with Gasteiger partial charge in [0.25, 0.3) is 5.91 Å². The number of anilines is 1. The Balaban J connectivity index is 0.00000176. The molecule has 2 aromatic rings. The Morgan fingerprint density at radius 2 is 1.71 bits per heavy atom. The van der Waals surface area contributed by atoms with Crippen LogP contribution in [0.15, 0.2) is 24.3 Å². The summed E-state index contributed by atoms with van der Waals surface area (Å²) in [6, 6.07) is 9.86. The van der Waals surface area contributed by atoms with Crippen molar-refractivity contribution in [2.24, 2.45) is 0 Å². The van der Waals surface area contributed by atoms with Gasteiger partial charge in [0.05, 0.1) is 16.7 Å². The molecule has 0 spiro atoms. The van der Waals surface area contributed by atoms with Gasteiger partial charge in [0.15, 0.2) is 11.5 Å². The van der Waals surface area contributed by atoms with E-state index in [0.29, 0.717) is 28.1 Å². The fourth-order valence-corrected chi connectivity index (χ4v) is 4.86. The van der Waals surface area contributed by atoms with E-state index in [2.05, 4.69) is 31.8 Å². The number of halogens is 1. The molecule has 1 aromatic heterocycles. The molecule has 1 aromatic carbocycles. The second-order valence-electron chi connectivity index (χ2n) is 9.05. The summed E-state index contributed by atoms with van der Waals surface area (Å²) in [5.41, 5.74) is 1.58. The van der Waals surface area contributed by atoms with Crippen LogP contribution in [0, 0.1) is 18.3 Å². The molecule has 2 aliphatic rings. The number of hydrogen-bond acceptors (Lipinski definition) is 8. The minimum atomic E-state index is -0.188. The first kappa shape index (κ1) is 32.5. The average molecular weight is 813 g/mol. The van der Waals surface area contributed by atoms with Crippen molar-refractivity contribution < 1.29 is 9.53 Å². The zero-order valence-corrected chi connectivity index (χ0v) is 30.9. The maximum absolute atomic E-state index is 12.7. The van der Waals surface area contributed by atoms with Gasteiger partial charge in [-0.05, 0) is 76.8 Å². The van der Waals surface area contributed by atoms with Gasteiger partial charge in [-0.3, -0.25) is 4.79 Å². The van der Waals surface area contributed by atoms with Gasteiger partial charge >= 0.3 is 0 Å². The first-order valence-corrected chi connectivity index (χ1v) is 13.3. The number of amides is 1. The van der Waals surface area contributed by atoms with Crippen LogP contribution in [0.25, 0.3) is 0 Å². The molecule has 1 saturated heterocycles. The molecule has 1 aliphatic heterocycles. The van der Waals surface area contributed by atoms with E-state index in [9.17, 15) is 4.79 Å². The van der Waals surface area contributed by atoms with E-state index in [0.717, 1.165) is 63.0 Å². The van der Waals surface area contributed by atoms with Crippen molar-refractivity contribution in [3.05, 3.63) is 46.1 Å². The molecule has 0 unspecified atom stereocenters. The summed E-state index contributed by atoms with van der Waals surface area (Å²) in [7, 11) is 2.00. The summed E-state index contributed by atoms with van der Waals surface area (Å²) < 4.78 is 6.15. The number of aromatic nitrogens is 2. The summed E-state index contributed by atoms with van der Waals surface area (Å²) in [5.74, 6) is 1.34. The van der Waals surface area contributed by atoms with E-state index in [4.69, 9.17) is 21.6 Å². The Hall–Kier alpha value is -3.54. The van der Waals surface area contributed by atoms with Crippen LogP contribution in [0.2, 0.25) is 5.02 Å². The number of benzene rings is 1. The Bertz CT molecular complexity index is 1050. The topological polar surface area (TPSA) is 103 Å². The molecule has 2 fully saturated rings. The number of rotatable bonds is 6. The third kappa shape index (κ3) is 7.98. The van der Waals surface area contributed by atoms with Gasteiger partial charge in [-0.15, -0.1) is 10.2 Å². The van der Waals surface area contributed by atoms with E-state index in [1.165, 1.54) is 0 Å². The summed E-state index contributed by atoms with van der Waals surface area (Å²) in [4.78, 5) is 14.9. The number of carbonyl (C=O) groups excluding carboxylic acids is 1. The van der Waals surface area contributed by atoms with Gasteiger partial charge in [-0.1, -0.05) is 25.4 Å². The fourth-order valence-electron chi connectivity index (χ4n) is 4.66. The Labute approximate surface area is 232 Å². The molecule has 0 atom stereocenters. The van der Waals surface area contributed by atoms with Crippen LogP contribution < -0.4 is 20.3 Å². The van der Waals surface area contributed by atoms with Crippen molar-refractivity contribution >= 4 is 36.8 Å². The molecule has 0 bridgehead atoms. The zero-order chi connectivity index (χ0) is 26.1. The molecule has 1 aliphatic carbocycles. The van der Waals surface area contributed by atoms with E-state index >= 15 is 0 Å². The quantitative estimate of drug-likeness (QED) is 0.328. The standard InChI is InChI=1S/C25H31ClN6O2.C2H6.Rf.H2S/c1-16-22(9-3-17(15-27)24(16)26)34-20-6-4-19(5-7-20)29-25(33)21-8-10-23(31-30-21)32-13-11-18(28-2)12-14-32;1-2;;/h3,8-10,18-20,28H,4-7,11-14H2,1-2H3,(H,29,33);1-2H3;;1H2/p-1. The second kappa shape index (κ2) is 15.7. The van der Waals surface area contributed by atoms with Crippen LogP contribution in [-0.4, -0.2) is 54.4 Å². The van der Waals surface area contributed by atoms with Crippen LogP contribution in [0.5, 0.6) is 5.75 Å². The third-order valence-corrected chi connectivity index (χ3v) is 7.36. The predicted molar refractivity (Wildman–Crippen MR) is 151 cm³/mol. The first-order chi connectivity index (χ1) is 17.5. The largest absolute Gasteiger partial charge is 0.813 e. The summed E-state index contributed by atoms with van der Waals surface area (Å²) >= 11 is 6.25. The SMILES string of the molecule is CC.CNC1CCN(c2ccc(C(=O)NC3CCC(Oc4ccc(C#N)c(Cl)c4C)CC3)nn2)CC1.[Rf].[SH-]. The van der Waals surface area contributed by atoms with Crippen molar-refractivity contribution in [3.63, 3.8) is 0 Å². The monoisotopic (exact) mass is 812 g/mol. The molecule has 0 radical (unpaired) electrons. The molecule has 11 heteroatoms. The van der Waals surface area contributed by atoms with Crippen molar-refractivity contribution in [1.82, 2.24) is 20.8 Å². The average Bonchev–Trinajstić information content (AvgIpc) is 2.93. The van der Waals surface area contributed by atoms with Gasteiger partial charge in [-0.2, -0.15) is 5.26 Å². The van der Waals surface area contributed by atoms with Crippen molar-refractivity contribution in [3.8, 4) is 11.8 Å². The number of ether oxygens (including phenoxy) is 1. The van der Waals surface area contributed by atoms with Gasteiger partial charge in [-0.25, -0.2) is 0 Å². The number of piperidine rings is 1. The Morgan fingerprint density at radius 3 is 2.26 bits per heavy atom. The molecule has 8 nitrogen and oxygen atoms in total. The molecule has 2 heterocycles. The molecule has 204 valence electrons. The number of carbonyl (C=O) groups is 1. The van der Waals surface area contributed by atoms with Gasteiger partial charge in [0.1, 0.15) is 11.8 Å². The number of nitrogens with zero attached hydrogens (tertiary/aromatic N) is 4. The van der Waals surface area contributed by atoms with Crippen LogP contribution in [-0.2, 0) is 13.5 Å².